The van der Waals surface area contributed by atoms with Gasteiger partial charge in [-0.15, -0.1) is 0 Å². The molecule has 26 heavy (non-hydrogen) atoms. The number of nitrogens with zero attached hydrogens (tertiary/aromatic N) is 1. The smallest absolute Gasteiger partial charge is 0.348 e. The van der Waals surface area contributed by atoms with Gasteiger partial charge in [-0.3, -0.25) is 4.90 Å². The second-order valence-corrected chi connectivity index (χ2v) is 11.2. The van der Waals surface area contributed by atoms with Crippen LogP contribution in [-0.4, -0.2) is 41.4 Å². The molecule has 5 nitrogen and oxygen atoms in total. The second kappa shape index (κ2) is 6.27. The van der Waals surface area contributed by atoms with Gasteiger partial charge in [0.1, 0.15) is 18.6 Å². The summed E-state index contributed by atoms with van der Waals surface area (Å²) in [7, 11) is -2.81. The van der Waals surface area contributed by atoms with Gasteiger partial charge in [-0.25, -0.2) is 4.79 Å². The highest BCUT2D eigenvalue weighted by atomic mass is 31.2. The predicted octanol–water partition coefficient (Wildman–Crippen LogP) is 5.03. The van der Waals surface area contributed by atoms with E-state index in [0.29, 0.717) is 0 Å². The largest absolute Gasteiger partial charge is 0.416 e. The van der Waals surface area contributed by atoms with Crippen LogP contribution < -0.4 is 5.32 Å². The first-order valence-electron chi connectivity index (χ1n) is 8.08. The number of urea groups is 1. The van der Waals surface area contributed by atoms with Gasteiger partial charge >= 0.3 is 12.2 Å². The van der Waals surface area contributed by atoms with Crippen LogP contribution in [-0.2, 0) is 15.5 Å². The molecule has 1 atom stereocenters. The third kappa shape index (κ3) is 4.07. The van der Waals surface area contributed by atoms with Gasteiger partial charge in [-0.2, -0.15) is 13.2 Å². The first kappa shape index (κ1) is 20.8. The van der Waals surface area contributed by atoms with Crippen LogP contribution in [0.25, 0.3) is 0 Å². The predicted molar refractivity (Wildman–Crippen MR) is 94.8 cm³/mol. The topological polar surface area (TPSA) is 58.6 Å². The normalized spacial score (nSPS) is 22.3. The fourth-order valence-electron chi connectivity index (χ4n) is 3.69. The monoisotopic (exact) mass is 392 g/mol. The molecule has 2 amide bonds. The summed E-state index contributed by atoms with van der Waals surface area (Å²) in [4.78, 5) is 14.2. The Morgan fingerprint density at radius 3 is 2.31 bits per heavy atom. The zero-order valence-electron chi connectivity index (χ0n) is 15.6. The number of hydrogen-bond donors (Lipinski definition) is 1. The number of alkyl halides is 3. The van der Waals surface area contributed by atoms with Crippen LogP contribution >= 0.6 is 7.14 Å². The van der Waals surface area contributed by atoms with E-state index in [2.05, 4.69) is 5.32 Å². The number of carbonyl (C=O) groups is 1. The lowest BCUT2D eigenvalue weighted by Gasteiger charge is -2.36. The number of nitrogens with one attached hydrogen (secondary N) is 1. The molecule has 0 radical (unpaired) electrons. The number of carbonyl (C=O) groups excluding carboxylic acids is 1. The molecular weight excluding hydrogens is 368 g/mol. The van der Waals surface area contributed by atoms with E-state index in [1.807, 2.05) is 0 Å². The summed E-state index contributed by atoms with van der Waals surface area (Å²) in [5.41, 5.74) is -2.79. The number of amides is 2. The molecule has 0 saturated carbocycles. The molecular formula is C17H24F3N2O3P. The van der Waals surface area contributed by atoms with Crippen LogP contribution in [0.4, 0.5) is 23.7 Å². The van der Waals surface area contributed by atoms with Gasteiger partial charge in [-0.1, -0.05) is 6.07 Å². The van der Waals surface area contributed by atoms with E-state index in [1.165, 1.54) is 17.0 Å². The lowest BCUT2D eigenvalue weighted by Crippen LogP contribution is -2.50. The summed E-state index contributed by atoms with van der Waals surface area (Å²) < 4.78 is 57.4. The minimum absolute atomic E-state index is 0.00567. The molecule has 1 aliphatic rings. The molecule has 9 heteroatoms. The summed E-state index contributed by atoms with van der Waals surface area (Å²) in [6, 6.07) is 3.72. The Morgan fingerprint density at radius 1 is 1.23 bits per heavy atom. The molecule has 1 saturated heterocycles. The zero-order chi connectivity index (χ0) is 20.1. The Kier molecular flexibility index (Phi) is 5.01. The van der Waals surface area contributed by atoms with Gasteiger partial charge in [0, 0.05) is 5.69 Å². The van der Waals surface area contributed by atoms with Crippen molar-refractivity contribution in [2.24, 2.45) is 0 Å². The van der Waals surface area contributed by atoms with Crippen molar-refractivity contribution in [1.29, 1.82) is 0 Å². The first-order valence-corrected chi connectivity index (χ1v) is 10.8. The first-order chi connectivity index (χ1) is 11.6. The minimum atomic E-state index is -4.51. The molecule has 0 bridgehead atoms. The third-order valence-electron chi connectivity index (χ3n) is 4.21. The molecule has 1 aromatic carbocycles. The van der Waals surface area contributed by atoms with E-state index in [9.17, 15) is 22.5 Å². The number of rotatable bonds is 2. The lowest BCUT2D eigenvalue weighted by atomic mass is 10.1. The molecule has 1 fully saturated rings. The average Bonchev–Trinajstić information content (AvgIpc) is 2.61. The highest BCUT2D eigenvalue weighted by Gasteiger charge is 2.58. The van der Waals surface area contributed by atoms with Crippen molar-refractivity contribution in [3.8, 4) is 0 Å². The minimum Gasteiger partial charge on any atom is -0.348 e. The molecule has 0 spiro atoms. The SMILES string of the molecule is CC1(C)OC(C)(C)N(C(=O)Nc2cccc(C(F)(F)F)c2)C1P(C)(C)=O. The quantitative estimate of drug-likeness (QED) is 0.718. The van der Waals surface area contributed by atoms with E-state index in [0.717, 1.165) is 12.1 Å². The zero-order valence-corrected chi connectivity index (χ0v) is 16.5. The van der Waals surface area contributed by atoms with Crippen LogP contribution in [0.2, 0.25) is 0 Å². The van der Waals surface area contributed by atoms with Crippen molar-refractivity contribution in [2.45, 2.75) is 51.0 Å². The van der Waals surface area contributed by atoms with Crippen molar-refractivity contribution in [3.05, 3.63) is 29.8 Å². The Labute approximate surface area is 151 Å². The Morgan fingerprint density at radius 2 is 1.81 bits per heavy atom. The van der Waals surface area contributed by atoms with Gasteiger partial charge in [0.15, 0.2) is 0 Å². The van der Waals surface area contributed by atoms with E-state index in [-0.39, 0.29) is 5.69 Å². The van der Waals surface area contributed by atoms with Crippen molar-refractivity contribution in [3.63, 3.8) is 0 Å². The van der Waals surface area contributed by atoms with Crippen molar-refractivity contribution < 1.29 is 27.3 Å². The Balaban J connectivity index is 2.37. The van der Waals surface area contributed by atoms with E-state index in [1.54, 1.807) is 41.0 Å². The third-order valence-corrected chi connectivity index (χ3v) is 6.24. The summed E-state index contributed by atoms with van der Waals surface area (Å²) >= 11 is 0. The van der Waals surface area contributed by atoms with Crippen LogP contribution in [0.1, 0.15) is 33.3 Å². The highest BCUT2D eigenvalue weighted by molar-refractivity contribution is 7.63. The van der Waals surface area contributed by atoms with Gasteiger partial charge in [0.2, 0.25) is 0 Å². The van der Waals surface area contributed by atoms with Gasteiger partial charge in [-0.05, 0) is 59.2 Å². The van der Waals surface area contributed by atoms with E-state index < -0.39 is 42.0 Å². The highest BCUT2D eigenvalue weighted by Crippen LogP contribution is 2.56. The molecule has 1 unspecified atom stereocenters. The van der Waals surface area contributed by atoms with Crippen molar-refractivity contribution in [1.82, 2.24) is 4.90 Å². The fourth-order valence-corrected chi connectivity index (χ4v) is 6.18. The number of ether oxygens (including phenoxy) is 1. The summed E-state index contributed by atoms with van der Waals surface area (Å²) in [6.45, 7) is 9.95. The molecule has 0 aliphatic carbocycles. The number of hydrogen-bond acceptors (Lipinski definition) is 3. The van der Waals surface area contributed by atoms with Crippen LogP contribution in [0, 0.1) is 0 Å². The molecule has 146 valence electrons. The maximum atomic E-state index is 12.9. The standard InChI is InChI=1S/C17H24F3N2O3P/c1-15(2)13(26(5,6)24)22(16(3,4)25-15)14(23)21-12-9-7-8-11(10-12)17(18,19)20/h7-10,13H,1-6H3,(H,21,23). The molecule has 1 N–H and O–H groups in total. The van der Waals surface area contributed by atoms with Crippen LogP contribution in [0.5, 0.6) is 0 Å². The van der Waals surface area contributed by atoms with E-state index >= 15 is 0 Å². The summed E-state index contributed by atoms with van der Waals surface area (Å²) in [5, 5.41) is 2.48. The van der Waals surface area contributed by atoms with Crippen molar-refractivity contribution >= 4 is 18.9 Å². The maximum absolute atomic E-state index is 12.9. The molecule has 2 rings (SSSR count). The van der Waals surface area contributed by atoms with Gasteiger partial charge < -0.3 is 14.6 Å². The van der Waals surface area contributed by atoms with Crippen LogP contribution in [0.3, 0.4) is 0 Å². The lowest BCUT2D eigenvalue weighted by molar-refractivity contribution is -0.137. The number of benzene rings is 1. The van der Waals surface area contributed by atoms with Gasteiger partial charge in [0.05, 0.1) is 11.2 Å². The fraction of sp³-hybridized carbons (Fsp3) is 0.588. The number of halogens is 3. The molecule has 1 aromatic rings. The molecule has 0 aromatic heterocycles. The van der Waals surface area contributed by atoms with Gasteiger partial charge in [0.25, 0.3) is 0 Å². The Hall–Kier alpha value is -1.53. The van der Waals surface area contributed by atoms with Crippen LogP contribution in [0.15, 0.2) is 24.3 Å². The maximum Gasteiger partial charge on any atom is 0.416 e. The number of anilines is 1. The molecule has 1 aliphatic heterocycles. The summed E-state index contributed by atoms with van der Waals surface area (Å²) in [5.74, 6) is -0.712. The summed E-state index contributed by atoms with van der Waals surface area (Å²) in [6.07, 6.45) is -4.51. The molecule has 1 heterocycles. The Bertz CT molecular complexity index is 756. The average molecular weight is 392 g/mol. The van der Waals surface area contributed by atoms with Crippen molar-refractivity contribution in [2.75, 3.05) is 18.6 Å². The second-order valence-electron chi connectivity index (χ2n) is 7.84. The van der Waals surface area contributed by atoms with E-state index in [4.69, 9.17) is 4.74 Å².